The van der Waals surface area contributed by atoms with Crippen LogP contribution in [0.15, 0.2) is 11.6 Å². The Morgan fingerprint density at radius 3 is 2.16 bits per heavy atom. The third-order valence-electron chi connectivity index (χ3n) is 3.77. The molecule has 0 N–H and O–H groups in total. The zero-order valence-corrected chi connectivity index (χ0v) is 15.9. The van der Waals surface area contributed by atoms with Gasteiger partial charge in [-0.15, -0.1) is 0 Å². The van der Waals surface area contributed by atoms with Crippen LogP contribution in [0.1, 0.15) is 54.9 Å². The summed E-state index contributed by atoms with van der Waals surface area (Å²) >= 11 is 0. The molecule has 7 nitrogen and oxygen atoms in total. The van der Waals surface area contributed by atoms with Gasteiger partial charge in [0.15, 0.2) is 12.3 Å². The number of likely N-dealkylation sites (tertiary alicyclic amines) is 1. The van der Waals surface area contributed by atoms with Crippen molar-refractivity contribution in [2.75, 3.05) is 0 Å². The topological polar surface area (TPSA) is 90.0 Å². The molecule has 0 aromatic heterocycles. The highest BCUT2D eigenvalue weighted by atomic mass is 16.6. The zero-order valence-electron chi connectivity index (χ0n) is 15.9. The number of esters is 2. The minimum absolute atomic E-state index is 0.0473. The monoisotopic (exact) mass is 353 g/mol. The quantitative estimate of drug-likeness (QED) is 0.427. The van der Waals surface area contributed by atoms with E-state index in [0.717, 1.165) is 10.5 Å². The first-order valence-corrected chi connectivity index (χ1v) is 8.23. The lowest BCUT2D eigenvalue weighted by Crippen LogP contribution is -2.60. The molecule has 0 radical (unpaired) electrons. The minimum Gasteiger partial charge on any atom is -0.452 e. The van der Waals surface area contributed by atoms with Crippen molar-refractivity contribution < 1.29 is 28.7 Å². The maximum absolute atomic E-state index is 12.5. The molecule has 1 saturated heterocycles. The molecule has 1 fully saturated rings. The highest BCUT2D eigenvalue weighted by molar-refractivity contribution is 6.02. The molecule has 7 heteroatoms. The second kappa shape index (κ2) is 7.80. The predicted octanol–water partition coefficient (Wildman–Crippen LogP) is 2.19. The molecule has 0 spiro atoms. The molecule has 3 atom stereocenters. The van der Waals surface area contributed by atoms with Crippen LogP contribution >= 0.6 is 0 Å². The molecule has 0 saturated carbocycles. The Hall–Kier alpha value is -2.18. The van der Waals surface area contributed by atoms with Crippen LogP contribution in [-0.4, -0.2) is 41.0 Å². The molecule has 140 valence electrons. The van der Waals surface area contributed by atoms with Crippen LogP contribution in [0.25, 0.3) is 0 Å². The number of ether oxygens (including phenoxy) is 2. The summed E-state index contributed by atoms with van der Waals surface area (Å²) in [4.78, 5) is 48.4. The Kier molecular flexibility index (Phi) is 6.51. The number of carbonyl (C=O) groups excluding carboxylic acids is 4. The van der Waals surface area contributed by atoms with Gasteiger partial charge in [0.05, 0.1) is 12.3 Å². The van der Waals surface area contributed by atoms with E-state index in [2.05, 4.69) is 0 Å². The Bertz CT molecular complexity index is 597. The largest absolute Gasteiger partial charge is 0.452 e. The van der Waals surface area contributed by atoms with E-state index < -0.39 is 42.0 Å². The molecular weight excluding hydrogens is 326 g/mol. The third kappa shape index (κ3) is 5.41. The molecule has 3 unspecified atom stereocenters. The van der Waals surface area contributed by atoms with Gasteiger partial charge in [0.25, 0.3) is 5.91 Å². The van der Waals surface area contributed by atoms with E-state index >= 15 is 0 Å². The van der Waals surface area contributed by atoms with Crippen molar-refractivity contribution in [2.45, 2.75) is 67.2 Å². The average Bonchev–Trinajstić information content (AvgIpc) is 2.41. The Morgan fingerprint density at radius 1 is 1.20 bits per heavy atom. The number of rotatable bonds is 5. The van der Waals surface area contributed by atoms with Crippen molar-refractivity contribution in [3.05, 3.63) is 11.6 Å². The fraction of sp³-hybridized carbons (Fsp3) is 0.667. The van der Waals surface area contributed by atoms with Crippen LogP contribution < -0.4 is 0 Å². The first kappa shape index (κ1) is 20.9. The molecular formula is C18H27NO6. The average molecular weight is 353 g/mol. The van der Waals surface area contributed by atoms with Gasteiger partial charge in [0.2, 0.25) is 5.91 Å². The van der Waals surface area contributed by atoms with Gasteiger partial charge in [-0.1, -0.05) is 32.4 Å². The Balaban J connectivity index is 2.82. The first-order chi connectivity index (χ1) is 11.3. The summed E-state index contributed by atoms with van der Waals surface area (Å²) in [6.45, 7) is 12.1. The molecule has 0 aliphatic carbocycles. The van der Waals surface area contributed by atoms with Gasteiger partial charge in [-0.2, -0.15) is 0 Å². The Morgan fingerprint density at radius 2 is 1.76 bits per heavy atom. The summed E-state index contributed by atoms with van der Waals surface area (Å²) in [5, 5.41) is 0. The molecule has 0 aromatic rings. The molecule has 1 aliphatic heterocycles. The van der Waals surface area contributed by atoms with Gasteiger partial charge >= 0.3 is 11.9 Å². The van der Waals surface area contributed by atoms with Gasteiger partial charge < -0.3 is 9.47 Å². The van der Waals surface area contributed by atoms with Crippen LogP contribution in [0.3, 0.4) is 0 Å². The third-order valence-corrected chi connectivity index (χ3v) is 3.77. The van der Waals surface area contributed by atoms with E-state index in [4.69, 9.17) is 9.47 Å². The van der Waals surface area contributed by atoms with Gasteiger partial charge in [-0.05, 0) is 26.2 Å². The number of amides is 2. The summed E-state index contributed by atoms with van der Waals surface area (Å²) in [6, 6.07) is 0. The normalized spacial score (nSPS) is 19.4. The van der Waals surface area contributed by atoms with Gasteiger partial charge in [0.1, 0.15) is 0 Å². The highest BCUT2D eigenvalue weighted by Gasteiger charge is 2.46. The number of allylic oxidation sites excluding steroid dienone is 1. The van der Waals surface area contributed by atoms with E-state index in [1.54, 1.807) is 6.08 Å². The first-order valence-electron chi connectivity index (χ1n) is 8.23. The molecule has 1 heterocycles. The fourth-order valence-corrected chi connectivity index (χ4v) is 2.44. The predicted molar refractivity (Wildman–Crippen MR) is 90.0 cm³/mol. The fourth-order valence-electron chi connectivity index (χ4n) is 2.44. The minimum atomic E-state index is -1.15. The van der Waals surface area contributed by atoms with Gasteiger partial charge in [-0.3, -0.25) is 19.2 Å². The van der Waals surface area contributed by atoms with Crippen molar-refractivity contribution in [1.29, 1.82) is 0 Å². The van der Waals surface area contributed by atoms with E-state index in [1.807, 2.05) is 34.6 Å². The van der Waals surface area contributed by atoms with Crippen molar-refractivity contribution in [1.82, 2.24) is 4.90 Å². The van der Waals surface area contributed by atoms with E-state index in [9.17, 15) is 19.2 Å². The van der Waals surface area contributed by atoms with Crippen molar-refractivity contribution in [3.8, 4) is 0 Å². The maximum atomic E-state index is 12.5. The lowest BCUT2D eigenvalue weighted by atomic mass is 9.80. The van der Waals surface area contributed by atoms with Crippen LogP contribution in [0.4, 0.5) is 0 Å². The van der Waals surface area contributed by atoms with Crippen molar-refractivity contribution in [2.24, 2.45) is 11.3 Å². The van der Waals surface area contributed by atoms with Crippen LogP contribution in [-0.2, 0) is 28.7 Å². The summed E-state index contributed by atoms with van der Waals surface area (Å²) in [6.07, 6.45) is -0.315. The second-order valence-electron chi connectivity index (χ2n) is 7.54. The van der Waals surface area contributed by atoms with E-state index in [-0.39, 0.29) is 11.8 Å². The molecule has 25 heavy (non-hydrogen) atoms. The summed E-state index contributed by atoms with van der Waals surface area (Å²) < 4.78 is 10.2. The lowest BCUT2D eigenvalue weighted by molar-refractivity contribution is -0.193. The lowest BCUT2D eigenvalue weighted by Gasteiger charge is -2.38. The molecule has 0 bridgehead atoms. The number of β-lactam (4-membered cyclic amide) rings is 1. The van der Waals surface area contributed by atoms with Crippen molar-refractivity contribution in [3.63, 3.8) is 0 Å². The number of nitrogens with zero attached hydrogens (tertiary/aromatic N) is 1. The molecule has 2 amide bonds. The summed E-state index contributed by atoms with van der Waals surface area (Å²) in [5.41, 5.74) is 0.577. The number of imide groups is 1. The second-order valence-corrected chi connectivity index (χ2v) is 7.54. The van der Waals surface area contributed by atoms with Crippen molar-refractivity contribution >= 4 is 23.8 Å². The standard InChI is InChI=1S/C18H27NO6/c1-10(2)8-13(18(5,6)7)17(23)24-11(3)16(22)19-14(21)9-15(19)25-12(4)20/h8,11,13,15H,9H2,1-7H3. The van der Waals surface area contributed by atoms with E-state index in [1.165, 1.54) is 13.8 Å². The molecule has 1 rings (SSSR count). The maximum Gasteiger partial charge on any atom is 0.314 e. The van der Waals surface area contributed by atoms with E-state index in [0.29, 0.717) is 0 Å². The number of hydrogen-bond acceptors (Lipinski definition) is 6. The summed E-state index contributed by atoms with van der Waals surface area (Å²) in [7, 11) is 0. The van der Waals surface area contributed by atoms with Crippen LogP contribution in [0, 0.1) is 11.3 Å². The van der Waals surface area contributed by atoms with Crippen LogP contribution in [0.2, 0.25) is 0 Å². The SMILES string of the molecule is CC(=O)OC1CC(=O)N1C(=O)C(C)OC(=O)C(C=C(C)C)C(C)(C)C. The zero-order chi connectivity index (χ0) is 19.5. The molecule has 1 aliphatic rings. The Labute approximate surface area is 148 Å². The molecule has 0 aromatic carbocycles. The van der Waals surface area contributed by atoms with Gasteiger partial charge in [-0.25, -0.2) is 4.90 Å². The summed E-state index contributed by atoms with van der Waals surface area (Å²) in [5.74, 6) is -2.80. The van der Waals surface area contributed by atoms with Gasteiger partial charge in [0, 0.05) is 6.92 Å². The number of hydrogen-bond donors (Lipinski definition) is 0. The highest BCUT2D eigenvalue weighted by Crippen LogP contribution is 2.30. The smallest absolute Gasteiger partial charge is 0.314 e. The number of carbonyl (C=O) groups is 4. The van der Waals surface area contributed by atoms with Crippen LogP contribution in [0.5, 0.6) is 0 Å².